The van der Waals surface area contributed by atoms with E-state index >= 15 is 0 Å². The number of hydrogen-bond donors (Lipinski definition) is 0. The third-order valence-electron chi connectivity index (χ3n) is 3.15. The lowest BCUT2D eigenvalue weighted by molar-refractivity contribution is 0.337. The molecule has 1 saturated carbocycles. The molecule has 1 aliphatic carbocycles. The second-order valence-electron chi connectivity index (χ2n) is 4.40. The van der Waals surface area contributed by atoms with Crippen LogP contribution in [0.25, 0.3) is 0 Å². The maximum Gasteiger partial charge on any atom is 0.0832 e. The first-order chi connectivity index (χ1) is 6.74. The fourth-order valence-electron chi connectivity index (χ4n) is 2.34. The van der Waals surface area contributed by atoms with Crippen LogP contribution in [0.2, 0.25) is 0 Å². The number of alkyl halides is 1. The maximum absolute atomic E-state index is 6.07. The summed E-state index contributed by atoms with van der Waals surface area (Å²) >= 11 is 6.07. The number of rotatable bonds is 3. The van der Waals surface area contributed by atoms with Crippen LogP contribution in [0.15, 0.2) is 6.20 Å². The topological polar surface area (TPSA) is 30.7 Å². The molecule has 14 heavy (non-hydrogen) atoms. The van der Waals surface area contributed by atoms with Crippen molar-refractivity contribution >= 4 is 11.6 Å². The van der Waals surface area contributed by atoms with Gasteiger partial charge in [0.25, 0.3) is 0 Å². The van der Waals surface area contributed by atoms with Gasteiger partial charge in [0, 0.05) is 19.1 Å². The van der Waals surface area contributed by atoms with Crippen molar-refractivity contribution in [3.8, 4) is 0 Å². The molecule has 1 aliphatic rings. The average Bonchev–Trinajstić information content (AvgIpc) is 2.77. The van der Waals surface area contributed by atoms with E-state index in [1.807, 2.05) is 13.2 Å². The fraction of sp³-hybridized carbons (Fsp3) is 0.800. The summed E-state index contributed by atoms with van der Waals surface area (Å²) in [6, 6.07) is 0. The first-order valence-electron chi connectivity index (χ1n) is 5.15. The van der Waals surface area contributed by atoms with Crippen molar-refractivity contribution in [3.05, 3.63) is 11.9 Å². The van der Waals surface area contributed by atoms with Crippen LogP contribution in [0.4, 0.5) is 0 Å². The van der Waals surface area contributed by atoms with Crippen LogP contribution in [0.5, 0.6) is 0 Å². The molecule has 1 fully saturated rings. The van der Waals surface area contributed by atoms with Crippen LogP contribution in [0.1, 0.15) is 31.4 Å². The van der Waals surface area contributed by atoms with Crippen LogP contribution < -0.4 is 0 Å². The number of hydrogen-bond acceptors (Lipinski definition) is 2. The molecule has 0 spiro atoms. The normalized spacial score (nSPS) is 20.1. The van der Waals surface area contributed by atoms with Crippen molar-refractivity contribution in [1.29, 1.82) is 0 Å². The van der Waals surface area contributed by atoms with E-state index in [9.17, 15) is 0 Å². The van der Waals surface area contributed by atoms with Gasteiger partial charge in [0.1, 0.15) is 0 Å². The zero-order chi connectivity index (χ0) is 10.0. The van der Waals surface area contributed by atoms with Gasteiger partial charge in [0.05, 0.1) is 5.69 Å². The minimum absolute atomic E-state index is 0.303. The standard InChI is InChI=1S/C10H16ClN3/c1-14-7-9(12-13-14)6-10(8-11)4-2-3-5-10/h7H,2-6,8H2,1H3. The van der Waals surface area contributed by atoms with Gasteiger partial charge in [-0.3, -0.25) is 4.68 Å². The van der Waals surface area contributed by atoms with Crippen LogP contribution in [0, 0.1) is 5.41 Å². The first-order valence-corrected chi connectivity index (χ1v) is 5.69. The highest BCUT2D eigenvalue weighted by Gasteiger charge is 2.33. The minimum Gasteiger partial charge on any atom is -0.255 e. The lowest BCUT2D eigenvalue weighted by Gasteiger charge is -2.24. The summed E-state index contributed by atoms with van der Waals surface area (Å²) < 4.78 is 1.76. The van der Waals surface area contributed by atoms with Crippen LogP contribution in [0.3, 0.4) is 0 Å². The fourth-order valence-corrected chi connectivity index (χ4v) is 2.70. The Labute approximate surface area is 89.4 Å². The van der Waals surface area contributed by atoms with E-state index in [4.69, 9.17) is 11.6 Å². The van der Waals surface area contributed by atoms with Crippen molar-refractivity contribution in [1.82, 2.24) is 15.0 Å². The van der Waals surface area contributed by atoms with E-state index in [2.05, 4.69) is 10.3 Å². The highest BCUT2D eigenvalue weighted by Crippen LogP contribution is 2.41. The summed E-state index contributed by atoms with van der Waals surface area (Å²) in [4.78, 5) is 0. The molecule has 78 valence electrons. The molecule has 4 heteroatoms. The van der Waals surface area contributed by atoms with Crippen molar-refractivity contribution < 1.29 is 0 Å². The summed E-state index contributed by atoms with van der Waals surface area (Å²) in [5, 5.41) is 8.07. The van der Waals surface area contributed by atoms with Gasteiger partial charge in [0.2, 0.25) is 0 Å². The Morgan fingerprint density at radius 1 is 1.50 bits per heavy atom. The molecule has 2 rings (SSSR count). The lowest BCUT2D eigenvalue weighted by atomic mass is 9.84. The summed E-state index contributed by atoms with van der Waals surface area (Å²) in [6.07, 6.45) is 8.09. The Kier molecular flexibility index (Phi) is 2.77. The molecule has 0 atom stereocenters. The molecular weight excluding hydrogens is 198 g/mol. The monoisotopic (exact) mass is 213 g/mol. The van der Waals surface area contributed by atoms with E-state index in [-0.39, 0.29) is 0 Å². The maximum atomic E-state index is 6.07. The minimum atomic E-state index is 0.303. The molecule has 0 amide bonds. The Morgan fingerprint density at radius 2 is 2.21 bits per heavy atom. The van der Waals surface area contributed by atoms with Crippen LogP contribution in [-0.2, 0) is 13.5 Å². The van der Waals surface area contributed by atoms with Gasteiger partial charge in [-0.1, -0.05) is 18.1 Å². The zero-order valence-corrected chi connectivity index (χ0v) is 9.30. The summed E-state index contributed by atoms with van der Waals surface area (Å²) in [5.41, 5.74) is 1.38. The molecule has 1 heterocycles. The van der Waals surface area contributed by atoms with Gasteiger partial charge >= 0.3 is 0 Å². The van der Waals surface area contributed by atoms with Gasteiger partial charge in [-0.2, -0.15) is 0 Å². The summed E-state index contributed by atoms with van der Waals surface area (Å²) in [6.45, 7) is 0. The van der Waals surface area contributed by atoms with Crippen molar-refractivity contribution in [3.63, 3.8) is 0 Å². The largest absolute Gasteiger partial charge is 0.255 e. The van der Waals surface area contributed by atoms with Gasteiger partial charge in [-0.05, 0) is 24.7 Å². The molecule has 0 aliphatic heterocycles. The molecule has 1 aromatic rings. The Hall–Kier alpha value is -0.570. The third-order valence-corrected chi connectivity index (χ3v) is 3.72. The van der Waals surface area contributed by atoms with E-state index in [0.29, 0.717) is 5.41 Å². The lowest BCUT2D eigenvalue weighted by Crippen LogP contribution is -2.21. The Bertz CT molecular complexity index is 302. The van der Waals surface area contributed by atoms with E-state index in [0.717, 1.165) is 18.0 Å². The van der Waals surface area contributed by atoms with E-state index in [1.54, 1.807) is 4.68 Å². The number of nitrogens with zero attached hydrogens (tertiary/aromatic N) is 3. The second-order valence-corrected chi connectivity index (χ2v) is 4.67. The van der Waals surface area contributed by atoms with E-state index in [1.165, 1.54) is 25.7 Å². The van der Waals surface area contributed by atoms with Crippen LogP contribution in [-0.4, -0.2) is 20.9 Å². The zero-order valence-electron chi connectivity index (χ0n) is 8.54. The molecule has 3 nitrogen and oxygen atoms in total. The van der Waals surface area contributed by atoms with Gasteiger partial charge in [-0.25, -0.2) is 0 Å². The SMILES string of the molecule is Cn1cc(CC2(CCl)CCCC2)nn1. The molecule has 1 aromatic heterocycles. The smallest absolute Gasteiger partial charge is 0.0832 e. The number of aryl methyl sites for hydroxylation is 1. The number of aromatic nitrogens is 3. The quantitative estimate of drug-likeness (QED) is 0.721. The average molecular weight is 214 g/mol. The third kappa shape index (κ3) is 1.92. The second kappa shape index (κ2) is 3.89. The van der Waals surface area contributed by atoms with Gasteiger partial charge in [0.15, 0.2) is 0 Å². The predicted molar refractivity (Wildman–Crippen MR) is 56.3 cm³/mol. The molecule has 0 aromatic carbocycles. The van der Waals surface area contributed by atoms with Gasteiger partial charge in [-0.15, -0.1) is 16.7 Å². The first kappa shape index (κ1) is 9.97. The van der Waals surface area contributed by atoms with Crippen LogP contribution >= 0.6 is 11.6 Å². The van der Waals surface area contributed by atoms with Crippen molar-refractivity contribution in [2.75, 3.05) is 5.88 Å². The van der Waals surface area contributed by atoms with Gasteiger partial charge < -0.3 is 0 Å². The molecule has 0 radical (unpaired) electrons. The number of halogens is 1. The molecule has 0 bridgehead atoms. The van der Waals surface area contributed by atoms with E-state index < -0.39 is 0 Å². The molecule has 0 unspecified atom stereocenters. The molecular formula is C10H16ClN3. The summed E-state index contributed by atoms with van der Waals surface area (Å²) in [7, 11) is 1.90. The highest BCUT2D eigenvalue weighted by atomic mass is 35.5. The Balaban J connectivity index is 2.08. The summed E-state index contributed by atoms with van der Waals surface area (Å²) in [5.74, 6) is 0.754. The molecule has 0 N–H and O–H groups in total. The predicted octanol–water partition coefficient (Wildman–Crippen LogP) is 2.16. The van der Waals surface area contributed by atoms with Crippen molar-refractivity contribution in [2.24, 2.45) is 12.5 Å². The Morgan fingerprint density at radius 3 is 2.71 bits per heavy atom. The highest BCUT2D eigenvalue weighted by molar-refractivity contribution is 6.18. The molecule has 0 saturated heterocycles. The van der Waals surface area contributed by atoms with Crippen molar-refractivity contribution in [2.45, 2.75) is 32.1 Å².